The summed E-state index contributed by atoms with van der Waals surface area (Å²) in [7, 11) is 0. The quantitative estimate of drug-likeness (QED) is 0.457. The maximum absolute atomic E-state index is 11.2. The lowest BCUT2D eigenvalue weighted by atomic mass is 10.3. The summed E-state index contributed by atoms with van der Waals surface area (Å²) in [6.45, 7) is 0.0634. The molecule has 0 radical (unpaired) electrons. The number of β-amino-alcohol motifs (C(OH)–C–C–N with tert-alkyl or cyclic N) is 2. The Labute approximate surface area is 80.1 Å². The molecular weight excluding hydrogens is 190 g/mol. The average molecular weight is 201 g/mol. The monoisotopic (exact) mass is 201 g/mol. The van der Waals surface area contributed by atoms with Gasteiger partial charge in [0.15, 0.2) is 0 Å². The molecular formula is C8H11NO5. The Kier molecular flexibility index (Phi) is 3.21. The van der Waals surface area contributed by atoms with E-state index in [-0.39, 0.29) is 13.1 Å². The van der Waals surface area contributed by atoms with Gasteiger partial charge in [-0.25, -0.2) is 4.79 Å². The van der Waals surface area contributed by atoms with Gasteiger partial charge in [-0.05, 0) is 0 Å². The Morgan fingerprint density at radius 3 is 2.07 bits per heavy atom. The number of amides is 1. The van der Waals surface area contributed by atoms with Crippen molar-refractivity contribution in [2.75, 3.05) is 13.1 Å². The molecule has 6 heteroatoms. The fourth-order valence-electron chi connectivity index (χ4n) is 1.20. The molecule has 0 unspecified atom stereocenters. The number of aliphatic carboxylic acids is 1. The van der Waals surface area contributed by atoms with E-state index in [9.17, 15) is 9.59 Å². The number of rotatable bonds is 2. The number of likely N-dealkylation sites (tertiary alicyclic amines) is 1. The number of carboxylic acids is 1. The number of aliphatic hydroxyl groups is 2. The van der Waals surface area contributed by atoms with Crippen molar-refractivity contribution < 1.29 is 24.9 Å². The highest BCUT2D eigenvalue weighted by molar-refractivity contribution is 5.94. The van der Waals surface area contributed by atoms with E-state index in [2.05, 4.69) is 0 Å². The van der Waals surface area contributed by atoms with Crippen LogP contribution in [0.4, 0.5) is 0 Å². The van der Waals surface area contributed by atoms with Gasteiger partial charge >= 0.3 is 5.97 Å². The van der Waals surface area contributed by atoms with E-state index in [1.54, 1.807) is 0 Å². The van der Waals surface area contributed by atoms with E-state index < -0.39 is 24.1 Å². The van der Waals surface area contributed by atoms with E-state index in [0.29, 0.717) is 0 Å². The third-order valence-electron chi connectivity index (χ3n) is 1.94. The lowest BCUT2D eigenvalue weighted by Gasteiger charge is -2.11. The summed E-state index contributed by atoms with van der Waals surface area (Å²) in [5, 5.41) is 26.5. The van der Waals surface area contributed by atoms with Crippen LogP contribution >= 0.6 is 0 Å². The van der Waals surface area contributed by atoms with Crippen LogP contribution < -0.4 is 0 Å². The van der Waals surface area contributed by atoms with E-state index in [1.165, 1.54) is 4.90 Å². The van der Waals surface area contributed by atoms with Gasteiger partial charge in [0.2, 0.25) is 5.91 Å². The predicted octanol–water partition coefficient (Wildman–Crippen LogP) is -1.81. The van der Waals surface area contributed by atoms with Crippen LogP contribution in [-0.4, -0.2) is 57.4 Å². The maximum atomic E-state index is 11.2. The molecule has 0 spiro atoms. The highest BCUT2D eigenvalue weighted by Gasteiger charge is 2.31. The first kappa shape index (κ1) is 10.7. The molecule has 0 saturated carbocycles. The summed E-state index contributed by atoms with van der Waals surface area (Å²) in [6, 6.07) is 0. The number of carbonyl (C=O) groups excluding carboxylic acids is 1. The van der Waals surface area contributed by atoms with Gasteiger partial charge in [-0.3, -0.25) is 4.79 Å². The Balaban J connectivity index is 2.51. The van der Waals surface area contributed by atoms with Gasteiger partial charge in [0.05, 0.1) is 12.2 Å². The van der Waals surface area contributed by atoms with Crippen LogP contribution in [-0.2, 0) is 9.59 Å². The van der Waals surface area contributed by atoms with Gasteiger partial charge in [0.25, 0.3) is 0 Å². The molecule has 6 nitrogen and oxygen atoms in total. The number of aliphatic hydroxyl groups excluding tert-OH is 2. The maximum Gasteiger partial charge on any atom is 0.328 e. The molecule has 1 aliphatic rings. The first-order valence-electron chi connectivity index (χ1n) is 4.06. The summed E-state index contributed by atoms with van der Waals surface area (Å²) >= 11 is 0. The molecule has 1 fully saturated rings. The van der Waals surface area contributed by atoms with Crippen molar-refractivity contribution in [3.63, 3.8) is 0 Å². The SMILES string of the molecule is O=C(O)/C=C\C(=O)N1C[C@@H](O)[C@@H](O)C1. The van der Waals surface area contributed by atoms with Crippen LogP contribution in [0.3, 0.4) is 0 Å². The largest absolute Gasteiger partial charge is 0.478 e. The molecule has 14 heavy (non-hydrogen) atoms. The molecule has 78 valence electrons. The van der Waals surface area contributed by atoms with Crippen LogP contribution in [0, 0.1) is 0 Å². The molecule has 0 aromatic rings. The minimum Gasteiger partial charge on any atom is -0.478 e. The Bertz CT molecular complexity index is 265. The summed E-state index contributed by atoms with van der Waals surface area (Å²) in [4.78, 5) is 22.5. The van der Waals surface area contributed by atoms with Crippen LogP contribution in [0.2, 0.25) is 0 Å². The van der Waals surface area contributed by atoms with Gasteiger partial charge in [0.1, 0.15) is 0 Å². The van der Waals surface area contributed by atoms with E-state index in [4.69, 9.17) is 15.3 Å². The molecule has 0 aromatic heterocycles. The van der Waals surface area contributed by atoms with Crippen LogP contribution in [0.1, 0.15) is 0 Å². The van der Waals surface area contributed by atoms with Crippen LogP contribution in [0.25, 0.3) is 0 Å². The second kappa shape index (κ2) is 4.21. The number of nitrogens with zero attached hydrogens (tertiary/aromatic N) is 1. The molecule has 1 saturated heterocycles. The number of carbonyl (C=O) groups is 2. The first-order valence-corrected chi connectivity index (χ1v) is 4.06. The predicted molar refractivity (Wildman–Crippen MR) is 45.4 cm³/mol. The third-order valence-corrected chi connectivity index (χ3v) is 1.94. The fourth-order valence-corrected chi connectivity index (χ4v) is 1.20. The molecule has 3 N–H and O–H groups in total. The Morgan fingerprint density at radius 2 is 1.64 bits per heavy atom. The highest BCUT2D eigenvalue weighted by atomic mass is 16.4. The van der Waals surface area contributed by atoms with Crippen molar-refractivity contribution in [1.29, 1.82) is 0 Å². The molecule has 1 rings (SSSR count). The van der Waals surface area contributed by atoms with Gasteiger partial charge in [-0.2, -0.15) is 0 Å². The zero-order valence-electron chi connectivity index (χ0n) is 7.33. The number of carboxylic acid groups (broad SMARTS) is 1. The average Bonchev–Trinajstić information content (AvgIpc) is 2.43. The lowest BCUT2D eigenvalue weighted by molar-refractivity contribution is -0.132. The van der Waals surface area contributed by atoms with Crippen molar-refractivity contribution in [3.8, 4) is 0 Å². The molecule has 0 aliphatic carbocycles. The van der Waals surface area contributed by atoms with E-state index in [0.717, 1.165) is 12.2 Å². The number of hydrogen-bond donors (Lipinski definition) is 3. The summed E-state index contributed by atoms with van der Waals surface area (Å²) in [5.74, 6) is -1.73. The van der Waals surface area contributed by atoms with Crippen molar-refractivity contribution >= 4 is 11.9 Å². The van der Waals surface area contributed by atoms with Gasteiger partial charge in [-0.1, -0.05) is 0 Å². The van der Waals surface area contributed by atoms with E-state index >= 15 is 0 Å². The summed E-state index contributed by atoms with van der Waals surface area (Å²) in [5.41, 5.74) is 0. The fraction of sp³-hybridized carbons (Fsp3) is 0.500. The van der Waals surface area contributed by atoms with E-state index in [1.807, 2.05) is 0 Å². The van der Waals surface area contributed by atoms with Crippen LogP contribution in [0.5, 0.6) is 0 Å². The normalized spacial score (nSPS) is 27.1. The minimum absolute atomic E-state index is 0.0317. The second-order valence-corrected chi connectivity index (χ2v) is 3.05. The topological polar surface area (TPSA) is 98.1 Å². The lowest BCUT2D eigenvalue weighted by Crippen LogP contribution is -2.28. The second-order valence-electron chi connectivity index (χ2n) is 3.05. The van der Waals surface area contributed by atoms with Gasteiger partial charge < -0.3 is 20.2 Å². The van der Waals surface area contributed by atoms with Crippen molar-refractivity contribution in [3.05, 3.63) is 12.2 Å². The van der Waals surface area contributed by atoms with Gasteiger partial charge in [0, 0.05) is 25.2 Å². The zero-order chi connectivity index (χ0) is 10.7. The molecule has 1 amide bonds. The minimum atomic E-state index is -1.21. The smallest absolute Gasteiger partial charge is 0.328 e. The Hall–Kier alpha value is -1.40. The standard InChI is InChI=1S/C8H11NO5/c10-5-3-9(4-6(5)11)7(12)1-2-8(13)14/h1-2,5-6,10-11H,3-4H2,(H,13,14)/b2-1-/t5-,6+. The first-order chi connectivity index (χ1) is 6.50. The van der Waals surface area contributed by atoms with Crippen molar-refractivity contribution in [2.45, 2.75) is 12.2 Å². The zero-order valence-corrected chi connectivity index (χ0v) is 7.33. The molecule has 1 heterocycles. The summed E-state index contributed by atoms with van der Waals surface area (Å²) < 4.78 is 0. The molecule has 1 aliphatic heterocycles. The highest BCUT2D eigenvalue weighted by Crippen LogP contribution is 2.10. The molecule has 2 atom stereocenters. The van der Waals surface area contributed by atoms with Crippen molar-refractivity contribution in [1.82, 2.24) is 4.90 Å². The number of hydrogen-bond acceptors (Lipinski definition) is 4. The summed E-state index contributed by atoms with van der Waals surface area (Å²) in [6.07, 6.45) is -0.277. The molecule has 0 bridgehead atoms. The third kappa shape index (κ3) is 2.54. The van der Waals surface area contributed by atoms with Crippen LogP contribution in [0.15, 0.2) is 12.2 Å². The van der Waals surface area contributed by atoms with Gasteiger partial charge in [-0.15, -0.1) is 0 Å². The Morgan fingerprint density at radius 1 is 1.14 bits per heavy atom. The molecule has 0 aromatic carbocycles. The van der Waals surface area contributed by atoms with Crippen molar-refractivity contribution in [2.24, 2.45) is 0 Å².